The third kappa shape index (κ3) is 4.07. The number of hydrogen-bond donors (Lipinski definition) is 1. The molecule has 1 aromatic heterocycles. The van der Waals surface area contributed by atoms with Crippen molar-refractivity contribution in [3.05, 3.63) is 57.7 Å². The van der Waals surface area contributed by atoms with E-state index in [1.165, 1.54) is 0 Å². The van der Waals surface area contributed by atoms with Gasteiger partial charge >= 0.3 is 0 Å². The molecule has 1 aliphatic heterocycles. The normalized spacial score (nSPS) is 18.5. The van der Waals surface area contributed by atoms with Crippen LogP contribution in [0.4, 0.5) is 5.95 Å². The molecule has 0 radical (unpaired) electrons. The van der Waals surface area contributed by atoms with Gasteiger partial charge < -0.3 is 19.5 Å². The van der Waals surface area contributed by atoms with E-state index in [1.807, 2.05) is 36.4 Å². The van der Waals surface area contributed by atoms with Crippen LogP contribution in [-0.4, -0.2) is 41.9 Å². The van der Waals surface area contributed by atoms with Gasteiger partial charge in [0, 0.05) is 27.7 Å². The highest BCUT2D eigenvalue weighted by Gasteiger charge is 2.42. The first-order valence-electron chi connectivity index (χ1n) is 11.3. The molecule has 1 aliphatic carbocycles. The molecule has 1 unspecified atom stereocenters. The van der Waals surface area contributed by atoms with E-state index < -0.39 is 0 Å². The van der Waals surface area contributed by atoms with Crippen LogP contribution < -0.4 is 19.5 Å². The maximum atomic E-state index is 13.4. The molecule has 8 nitrogen and oxygen atoms in total. The van der Waals surface area contributed by atoms with Crippen molar-refractivity contribution >= 4 is 27.7 Å². The molecule has 0 fully saturated rings. The number of rotatable bonds is 5. The molecular weight excluding hydrogens is 512 g/mol. The van der Waals surface area contributed by atoms with Crippen molar-refractivity contribution in [1.29, 1.82) is 0 Å². The number of carbonyl (C=O) groups excluding carboxylic acids is 1. The molecule has 0 amide bonds. The second kappa shape index (κ2) is 8.71. The Morgan fingerprint density at radius 2 is 1.69 bits per heavy atom. The fraction of sp³-hybridized carbons (Fsp3) is 0.346. The van der Waals surface area contributed by atoms with Crippen molar-refractivity contribution in [2.45, 2.75) is 32.7 Å². The zero-order valence-electron chi connectivity index (χ0n) is 20.3. The number of ether oxygens (including phenoxy) is 3. The van der Waals surface area contributed by atoms with Gasteiger partial charge in [-0.15, -0.1) is 5.10 Å². The van der Waals surface area contributed by atoms with E-state index in [-0.39, 0.29) is 17.2 Å². The molecular formula is C26H27BrN4O4. The molecule has 2 aliphatic rings. The summed E-state index contributed by atoms with van der Waals surface area (Å²) in [5.41, 5.74) is 3.21. The number of ketones is 1. The summed E-state index contributed by atoms with van der Waals surface area (Å²) in [6.07, 6.45) is 1.25. The van der Waals surface area contributed by atoms with Crippen LogP contribution in [0, 0.1) is 5.41 Å². The number of aromatic nitrogens is 3. The number of benzene rings is 2. The van der Waals surface area contributed by atoms with Crippen molar-refractivity contribution < 1.29 is 19.0 Å². The van der Waals surface area contributed by atoms with Crippen LogP contribution in [0.5, 0.6) is 17.2 Å². The second-order valence-electron chi connectivity index (χ2n) is 9.53. The molecule has 5 rings (SSSR count). The minimum Gasteiger partial charge on any atom is -0.493 e. The highest BCUT2D eigenvalue weighted by molar-refractivity contribution is 9.10. The Balaban J connectivity index is 1.67. The van der Waals surface area contributed by atoms with E-state index >= 15 is 0 Å². The second-order valence-corrected chi connectivity index (χ2v) is 10.4. The average molecular weight is 539 g/mol. The van der Waals surface area contributed by atoms with Crippen molar-refractivity contribution in [1.82, 2.24) is 14.8 Å². The molecule has 1 atom stereocenters. The molecule has 0 saturated carbocycles. The van der Waals surface area contributed by atoms with Crippen molar-refractivity contribution in [3.63, 3.8) is 0 Å². The van der Waals surface area contributed by atoms with E-state index in [2.05, 4.69) is 35.1 Å². The molecule has 1 N–H and O–H groups in total. The first kappa shape index (κ1) is 23.4. The smallest absolute Gasteiger partial charge is 0.226 e. The zero-order valence-corrected chi connectivity index (χ0v) is 21.9. The van der Waals surface area contributed by atoms with Crippen LogP contribution in [0.15, 0.2) is 52.1 Å². The maximum Gasteiger partial charge on any atom is 0.226 e. The summed E-state index contributed by atoms with van der Waals surface area (Å²) in [5.74, 6) is 2.74. The standard InChI is InChI=1S/C26H27BrN4O4/c1-26(2)12-17-21(18(32)13-26)22(14-6-8-16(27)9-7-14)31-25(28-17)29-24(30-31)15-10-19(33-3)23(35-5)20(11-15)34-4/h6-11,22H,12-13H2,1-5H3,(H,28,29,30). The zero-order chi connectivity index (χ0) is 24.9. The van der Waals surface area contributed by atoms with Crippen LogP contribution in [-0.2, 0) is 4.79 Å². The highest BCUT2D eigenvalue weighted by Crippen LogP contribution is 2.46. The number of anilines is 1. The molecule has 9 heteroatoms. The predicted octanol–water partition coefficient (Wildman–Crippen LogP) is 5.39. The maximum absolute atomic E-state index is 13.4. The number of allylic oxidation sites excluding steroid dienone is 2. The Bertz CT molecular complexity index is 1320. The summed E-state index contributed by atoms with van der Waals surface area (Å²) in [4.78, 5) is 18.2. The van der Waals surface area contributed by atoms with Gasteiger partial charge in [-0.1, -0.05) is 41.9 Å². The Kier molecular flexibility index (Phi) is 5.83. The predicted molar refractivity (Wildman–Crippen MR) is 136 cm³/mol. The SMILES string of the molecule is COc1cc(-c2nc3n(n2)C(c2ccc(Br)cc2)C2=C(CC(C)(C)CC2=O)N3)cc(OC)c1OC. The van der Waals surface area contributed by atoms with Gasteiger partial charge in [-0.05, 0) is 41.7 Å². The first-order valence-corrected chi connectivity index (χ1v) is 12.1. The number of methoxy groups -OCH3 is 3. The quantitative estimate of drug-likeness (QED) is 0.465. The van der Waals surface area contributed by atoms with E-state index in [4.69, 9.17) is 24.3 Å². The molecule has 2 aromatic carbocycles. The van der Waals surface area contributed by atoms with Gasteiger partial charge in [-0.3, -0.25) is 4.79 Å². The summed E-state index contributed by atoms with van der Waals surface area (Å²) < 4.78 is 19.3. The molecule has 182 valence electrons. The third-order valence-corrected chi connectivity index (χ3v) is 6.97. The van der Waals surface area contributed by atoms with Crippen molar-refractivity contribution in [3.8, 4) is 28.6 Å². The number of halogens is 1. The molecule has 2 heterocycles. The lowest BCUT2D eigenvalue weighted by Gasteiger charge is -2.38. The monoisotopic (exact) mass is 538 g/mol. The van der Waals surface area contributed by atoms with Crippen molar-refractivity contribution in [2.24, 2.45) is 5.41 Å². The first-order chi connectivity index (χ1) is 16.7. The summed E-state index contributed by atoms with van der Waals surface area (Å²) in [5, 5.41) is 8.28. The Morgan fingerprint density at radius 3 is 2.29 bits per heavy atom. The van der Waals surface area contributed by atoms with E-state index in [0.29, 0.717) is 41.0 Å². The Hall–Kier alpha value is -3.33. The molecule has 35 heavy (non-hydrogen) atoms. The number of hydrogen-bond acceptors (Lipinski definition) is 7. The van der Waals surface area contributed by atoms with Gasteiger partial charge in [-0.25, -0.2) is 4.68 Å². The lowest BCUT2D eigenvalue weighted by atomic mass is 9.73. The largest absolute Gasteiger partial charge is 0.493 e. The lowest BCUT2D eigenvalue weighted by molar-refractivity contribution is -0.118. The van der Waals surface area contributed by atoms with E-state index in [9.17, 15) is 4.79 Å². The molecule has 0 bridgehead atoms. The fourth-order valence-electron chi connectivity index (χ4n) is 4.89. The highest BCUT2D eigenvalue weighted by atomic mass is 79.9. The minimum atomic E-state index is -0.374. The van der Waals surface area contributed by atoms with E-state index in [0.717, 1.165) is 27.7 Å². The van der Waals surface area contributed by atoms with Crippen LogP contribution in [0.2, 0.25) is 0 Å². The average Bonchev–Trinajstić information content (AvgIpc) is 3.25. The van der Waals surface area contributed by atoms with Gasteiger partial charge in [-0.2, -0.15) is 4.98 Å². The molecule has 3 aromatic rings. The summed E-state index contributed by atoms with van der Waals surface area (Å²) >= 11 is 3.51. The number of nitrogens with zero attached hydrogens (tertiary/aromatic N) is 3. The number of Topliss-reactive ketones (excluding diaryl/α,β-unsaturated/α-hetero) is 1. The third-order valence-electron chi connectivity index (χ3n) is 6.44. The summed E-state index contributed by atoms with van der Waals surface area (Å²) in [6, 6.07) is 11.3. The summed E-state index contributed by atoms with van der Waals surface area (Å²) in [7, 11) is 4.71. The molecule has 0 spiro atoms. The Labute approximate surface area is 212 Å². The van der Waals surface area contributed by atoms with Crippen LogP contribution in [0.1, 0.15) is 38.3 Å². The van der Waals surface area contributed by atoms with E-state index in [1.54, 1.807) is 26.0 Å². The summed E-state index contributed by atoms with van der Waals surface area (Å²) in [6.45, 7) is 4.23. The van der Waals surface area contributed by atoms with Gasteiger partial charge in [0.2, 0.25) is 11.7 Å². The van der Waals surface area contributed by atoms with Gasteiger partial charge in [0.05, 0.1) is 21.3 Å². The number of carbonyl (C=O) groups is 1. The Morgan fingerprint density at radius 1 is 1.03 bits per heavy atom. The fourth-order valence-corrected chi connectivity index (χ4v) is 5.16. The van der Waals surface area contributed by atoms with Crippen LogP contribution in [0.25, 0.3) is 11.4 Å². The van der Waals surface area contributed by atoms with Gasteiger partial charge in [0.25, 0.3) is 0 Å². The van der Waals surface area contributed by atoms with Crippen LogP contribution >= 0.6 is 15.9 Å². The van der Waals surface area contributed by atoms with Gasteiger partial charge in [0.1, 0.15) is 6.04 Å². The van der Waals surface area contributed by atoms with Crippen molar-refractivity contribution in [2.75, 3.05) is 26.6 Å². The lowest BCUT2D eigenvalue weighted by Crippen LogP contribution is -2.36. The topological polar surface area (TPSA) is 87.5 Å². The number of fused-ring (bicyclic) bond motifs is 1. The van der Waals surface area contributed by atoms with Crippen LogP contribution in [0.3, 0.4) is 0 Å². The number of nitrogens with one attached hydrogen (secondary N) is 1. The molecule has 0 saturated heterocycles. The van der Waals surface area contributed by atoms with Gasteiger partial charge in [0.15, 0.2) is 23.1 Å². The minimum absolute atomic E-state index is 0.130.